The third-order valence-corrected chi connectivity index (χ3v) is 7.24. The average Bonchev–Trinajstić information content (AvgIpc) is 3.17. The summed E-state index contributed by atoms with van der Waals surface area (Å²) >= 11 is 12.6. The van der Waals surface area contributed by atoms with E-state index in [4.69, 9.17) is 23.2 Å². The number of carbonyl (C=O) groups is 1. The monoisotopic (exact) mass is 458 g/mol. The quantitative estimate of drug-likeness (QED) is 0.632. The molecule has 0 radical (unpaired) electrons. The molecule has 3 aromatic rings. The summed E-state index contributed by atoms with van der Waals surface area (Å²) in [5.74, 6) is 0.0755. The van der Waals surface area contributed by atoms with Gasteiger partial charge in [0.15, 0.2) is 0 Å². The van der Waals surface area contributed by atoms with Crippen molar-refractivity contribution in [2.75, 3.05) is 44.7 Å². The molecule has 2 aliphatic rings. The highest BCUT2D eigenvalue weighted by molar-refractivity contribution is 6.45. The number of nitrogens with one attached hydrogen (secondary N) is 1. The summed E-state index contributed by atoms with van der Waals surface area (Å²) in [7, 11) is 2.12. The van der Waals surface area contributed by atoms with Gasteiger partial charge in [0.2, 0.25) is 5.82 Å². The largest absolute Gasteiger partial charge is 0.366 e. The van der Waals surface area contributed by atoms with E-state index in [1.165, 1.54) is 0 Å². The van der Waals surface area contributed by atoms with Crippen LogP contribution in [0.2, 0.25) is 10.0 Å². The second-order valence-corrected chi connectivity index (χ2v) is 9.07. The van der Waals surface area contributed by atoms with Gasteiger partial charge in [-0.15, -0.1) is 0 Å². The Morgan fingerprint density at radius 1 is 1.10 bits per heavy atom. The Balaban J connectivity index is 1.39. The molecule has 0 aliphatic carbocycles. The molecule has 162 valence electrons. The molecule has 0 unspecified atom stereocenters. The molecule has 1 amide bonds. The van der Waals surface area contributed by atoms with E-state index in [0.717, 1.165) is 54.0 Å². The first kappa shape index (κ1) is 20.5. The van der Waals surface area contributed by atoms with Crippen LogP contribution < -0.4 is 4.90 Å². The van der Waals surface area contributed by atoms with Crippen LogP contribution in [0.3, 0.4) is 0 Å². The molecule has 1 aromatic carbocycles. The first-order valence-corrected chi connectivity index (χ1v) is 11.2. The molecule has 5 rings (SSSR count). The molecule has 0 saturated carbocycles. The van der Waals surface area contributed by atoms with E-state index in [9.17, 15) is 4.79 Å². The maximum Gasteiger partial charge on any atom is 0.292 e. The zero-order chi connectivity index (χ0) is 21.7. The Kier molecular flexibility index (Phi) is 5.28. The summed E-state index contributed by atoms with van der Waals surface area (Å²) in [6, 6.07) is 3.64. The van der Waals surface area contributed by atoms with Gasteiger partial charge in [-0.1, -0.05) is 29.3 Å². The van der Waals surface area contributed by atoms with Crippen LogP contribution in [0.4, 0.5) is 5.69 Å². The number of rotatable bonds is 2. The van der Waals surface area contributed by atoms with Crippen molar-refractivity contribution in [2.24, 2.45) is 0 Å². The summed E-state index contributed by atoms with van der Waals surface area (Å²) in [6.07, 6.45) is 4.24. The lowest BCUT2D eigenvalue weighted by atomic mass is 9.97. The lowest BCUT2D eigenvalue weighted by molar-refractivity contribution is 0.0665. The van der Waals surface area contributed by atoms with Crippen molar-refractivity contribution in [1.82, 2.24) is 24.8 Å². The first-order valence-electron chi connectivity index (χ1n) is 10.5. The summed E-state index contributed by atoms with van der Waals surface area (Å²) in [6.45, 7) is 6.51. The smallest absolute Gasteiger partial charge is 0.292 e. The van der Waals surface area contributed by atoms with Gasteiger partial charge in [-0.05, 0) is 20.0 Å². The number of nitrogens with zero attached hydrogens (tertiary/aromatic N) is 5. The van der Waals surface area contributed by atoms with Crippen LogP contribution in [0, 0.1) is 0 Å². The van der Waals surface area contributed by atoms with Crippen molar-refractivity contribution in [3.63, 3.8) is 0 Å². The van der Waals surface area contributed by atoms with Crippen LogP contribution in [-0.2, 0) is 6.42 Å². The zero-order valence-electron chi connectivity index (χ0n) is 17.5. The second-order valence-electron chi connectivity index (χ2n) is 8.28. The van der Waals surface area contributed by atoms with Crippen LogP contribution in [-0.4, -0.2) is 70.4 Å². The fourth-order valence-corrected chi connectivity index (χ4v) is 4.97. The lowest BCUT2D eigenvalue weighted by Crippen LogP contribution is -2.44. The van der Waals surface area contributed by atoms with Crippen LogP contribution >= 0.6 is 23.2 Å². The van der Waals surface area contributed by atoms with E-state index in [-0.39, 0.29) is 17.8 Å². The summed E-state index contributed by atoms with van der Waals surface area (Å²) in [4.78, 5) is 31.9. The normalized spacial score (nSPS) is 19.7. The van der Waals surface area contributed by atoms with Crippen molar-refractivity contribution in [3.8, 4) is 0 Å². The topological polar surface area (TPSA) is 68.4 Å². The number of hydrogen-bond donors (Lipinski definition) is 1. The summed E-state index contributed by atoms with van der Waals surface area (Å²) in [5.41, 5.74) is 3.97. The SMILES string of the molecule is C[C@@H]1c2c([nH]c3c(Cl)c(Cl)ccc23)CCN1C(=O)c1ncc(N2CCN(C)CC2)cn1. The van der Waals surface area contributed by atoms with Crippen molar-refractivity contribution < 1.29 is 4.79 Å². The molecule has 7 nitrogen and oxygen atoms in total. The predicted octanol–water partition coefficient (Wildman–Crippen LogP) is 3.78. The number of halogens is 2. The van der Waals surface area contributed by atoms with E-state index in [0.29, 0.717) is 23.0 Å². The number of amides is 1. The minimum absolute atomic E-state index is 0.122. The van der Waals surface area contributed by atoms with Crippen LogP contribution in [0.5, 0.6) is 0 Å². The summed E-state index contributed by atoms with van der Waals surface area (Å²) < 4.78 is 0. The second kappa shape index (κ2) is 7.97. The van der Waals surface area contributed by atoms with Crippen LogP contribution in [0.1, 0.15) is 34.8 Å². The van der Waals surface area contributed by atoms with Crippen molar-refractivity contribution in [1.29, 1.82) is 0 Å². The van der Waals surface area contributed by atoms with Crippen LogP contribution in [0.15, 0.2) is 24.5 Å². The molecule has 1 saturated heterocycles. The van der Waals surface area contributed by atoms with Crippen molar-refractivity contribution in [2.45, 2.75) is 19.4 Å². The number of carbonyl (C=O) groups excluding carboxylic acids is 1. The minimum atomic E-state index is -0.155. The predicted molar refractivity (Wildman–Crippen MR) is 123 cm³/mol. The Labute approximate surface area is 191 Å². The highest BCUT2D eigenvalue weighted by Gasteiger charge is 2.33. The molecule has 0 bridgehead atoms. The molecule has 1 N–H and O–H groups in total. The maximum absolute atomic E-state index is 13.3. The Morgan fingerprint density at radius 2 is 1.81 bits per heavy atom. The number of aromatic nitrogens is 3. The molecule has 0 spiro atoms. The number of H-pyrrole nitrogens is 1. The van der Waals surface area contributed by atoms with E-state index >= 15 is 0 Å². The minimum Gasteiger partial charge on any atom is -0.366 e. The first-order chi connectivity index (χ1) is 14.9. The number of benzene rings is 1. The zero-order valence-corrected chi connectivity index (χ0v) is 19.0. The summed E-state index contributed by atoms with van der Waals surface area (Å²) in [5, 5.41) is 2.03. The van der Waals surface area contributed by atoms with Crippen molar-refractivity contribution >= 4 is 45.7 Å². The van der Waals surface area contributed by atoms with Gasteiger partial charge in [-0.2, -0.15) is 0 Å². The molecular formula is C22H24Cl2N6O. The van der Waals surface area contributed by atoms with Gasteiger partial charge in [-0.25, -0.2) is 9.97 Å². The van der Waals surface area contributed by atoms with E-state index < -0.39 is 0 Å². The van der Waals surface area contributed by atoms with Gasteiger partial charge in [0.1, 0.15) is 0 Å². The van der Waals surface area contributed by atoms with Gasteiger partial charge < -0.3 is 19.7 Å². The average molecular weight is 459 g/mol. The lowest BCUT2D eigenvalue weighted by Gasteiger charge is -2.34. The molecule has 4 heterocycles. The Bertz CT molecular complexity index is 1140. The molecule has 9 heteroatoms. The number of fused-ring (bicyclic) bond motifs is 3. The van der Waals surface area contributed by atoms with E-state index in [2.05, 4.69) is 31.8 Å². The number of hydrogen-bond acceptors (Lipinski definition) is 5. The number of aromatic amines is 1. The van der Waals surface area contributed by atoms with Crippen LogP contribution in [0.25, 0.3) is 10.9 Å². The highest BCUT2D eigenvalue weighted by atomic mass is 35.5. The third-order valence-electron chi connectivity index (χ3n) is 6.43. The standard InChI is InChI=1S/C22H24Cl2N6O/c1-13-18-15-3-4-16(23)19(24)20(15)27-17(18)5-6-30(13)22(31)21-25-11-14(12-26-21)29-9-7-28(2)8-10-29/h3-4,11-13,27H,5-10H2,1-2H3/t13-/m1/s1. The Hall–Kier alpha value is -2.35. The number of piperazine rings is 1. The van der Waals surface area contributed by atoms with E-state index in [1.54, 1.807) is 18.5 Å². The molecule has 1 fully saturated rings. The highest BCUT2D eigenvalue weighted by Crippen LogP contribution is 2.40. The molecule has 2 aromatic heterocycles. The van der Waals surface area contributed by atoms with Gasteiger partial charge >= 0.3 is 0 Å². The molecule has 2 aliphatic heterocycles. The van der Waals surface area contributed by atoms with Gasteiger partial charge in [0.25, 0.3) is 5.91 Å². The molecule has 31 heavy (non-hydrogen) atoms. The molecule has 1 atom stereocenters. The van der Waals surface area contributed by atoms with Crippen molar-refractivity contribution in [3.05, 3.63) is 51.7 Å². The van der Waals surface area contributed by atoms with Gasteiger partial charge in [-0.3, -0.25) is 4.79 Å². The fraction of sp³-hybridized carbons (Fsp3) is 0.409. The maximum atomic E-state index is 13.3. The Morgan fingerprint density at radius 3 is 2.52 bits per heavy atom. The number of anilines is 1. The number of likely N-dealkylation sites (N-methyl/N-ethyl adjacent to an activating group) is 1. The van der Waals surface area contributed by atoms with E-state index in [1.807, 2.05) is 17.9 Å². The third kappa shape index (κ3) is 3.54. The molecular weight excluding hydrogens is 435 g/mol. The van der Waals surface area contributed by atoms with Gasteiger partial charge in [0.05, 0.1) is 39.7 Å². The van der Waals surface area contributed by atoms with Gasteiger partial charge in [0, 0.05) is 55.8 Å². The fourth-order valence-electron chi connectivity index (χ4n) is 4.60.